The predicted molar refractivity (Wildman–Crippen MR) is 107 cm³/mol. The molecule has 2 aromatic carbocycles. The first-order valence-corrected chi connectivity index (χ1v) is 8.14. The molecule has 0 radical (unpaired) electrons. The van der Waals surface area contributed by atoms with Gasteiger partial charge in [-0.1, -0.05) is 12.1 Å². The first-order chi connectivity index (χ1) is 12.5. The van der Waals surface area contributed by atoms with E-state index in [1.54, 1.807) is 18.3 Å². The molecule has 27 heavy (non-hydrogen) atoms. The molecule has 1 heterocycles. The lowest BCUT2D eigenvalue weighted by Crippen LogP contribution is -2.23. The van der Waals surface area contributed by atoms with E-state index in [4.69, 9.17) is 4.74 Å². The van der Waals surface area contributed by atoms with Gasteiger partial charge in [0.2, 0.25) is 11.9 Å². The Hall–Kier alpha value is -3.06. The third-order valence-electron chi connectivity index (χ3n) is 3.97. The van der Waals surface area contributed by atoms with Crippen LogP contribution in [0.3, 0.4) is 0 Å². The van der Waals surface area contributed by atoms with E-state index in [-0.39, 0.29) is 30.1 Å². The van der Waals surface area contributed by atoms with Crippen molar-refractivity contribution in [3.8, 4) is 11.5 Å². The lowest BCUT2D eigenvalue weighted by molar-refractivity contribution is -0.119. The molecule has 0 spiro atoms. The fourth-order valence-corrected chi connectivity index (χ4v) is 2.64. The van der Waals surface area contributed by atoms with Crippen LogP contribution in [0.4, 0.5) is 11.6 Å². The van der Waals surface area contributed by atoms with Crippen LogP contribution in [0.25, 0.3) is 10.9 Å². The van der Waals surface area contributed by atoms with Crippen LogP contribution in [0.1, 0.15) is 25.5 Å². The van der Waals surface area contributed by atoms with Gasteiger partial charge in [-0.3, -0.25) is 4.79 Å². The fraction of sp³-hybridized carbons (Fsp3) is 0.211. The number of ether oxygens (including phenoxy) is 1. The van der Waals surface area contributed by atoms with Crippen LogP contribution in [0, 0.1) is 0 Å². The number of nitrogens with one attached hydrogen (secondary N) is 2. The smallest absolute Gasteiger partial charge is 0.227 e. The van der Waals surface area contributed by atoms with Gasteiger partial charge in [-0.15, -0.1) is 12.4 Å². The average molecular weight is 389 g/mol. The number of methoxy groups -OCH3 is 1. The highest BCUT2D eigenvalue weighted by atomic mass is 35.5. The number of carbonyl (C=O) groups is 1. The van der Waals surface area contributed by atoms with Gasteiger partial charge < -0.3 is 20.5 Å². The zero-order chi connectivity index (χ0) is 18.7. The molecule has 8 heteroatoms. The highest BCUT2D eigenvalue weighted by Crippen LogP contribution is 2.30. The van der Waals surface area contributed by atoms with Gasteiger partial charge in [-0.2, -0.15) is 0 Å². The van der Waals surface area contributed by atoms with Crippen LogP contribution in [0.5, 0.6) is 11.5 Å². The Morgan fingerprint density at radius 3 is 2.56 bits per heavy atom. The van der Waals surface area contributed by atoms with Gasteiger partial charge >= 0.3 is 0 Å². The minimum atomic E-state index is -0.0641. The van der Waals surface area contributed by atoms with Crippen molar-refractivity contribution in [2.24, 2.45) is 0 Å². The van der Waals surface area contributed by atoms with Crippen LogP contribution in [0.15, 0.2) is 42.6 Å². The van der Waals surface area contributed by atoms with Crippen molar-refractivity contribution >= 4 is 40.9 Å². The van der Waals surface area contributed by atoms with E-state index in [9.17, 15) is 9.90 Å². The summed E-state index contributed by atoms with van der Waals surface area (Å²) >= 11 is 0. The van der Waals surface area contributed by atoms with Crippen molar-refractivity contribution in [2.45, 2.75) is 19.9 Å². The topological polar surface area (TPSA) is 96.4 Å². The summed E-state index contributed by atoms with van der Waals surface area (Å²) in [6.07, 6.45) is 1.64. The molecule has 3 N–H and O–H groups in total. The molecular formula is C19H21ClN4O3. The number of aromatic hydroxyl groups is 1. The van der Waals surface area contributed by atoms with E-state index in [0.29, 0.717) is 22.6 Å². The Morgan fingerprint density at radius 1 is 1.22 bits per heavy atom. The molecule has 3 aromatic rings. The van der Waals surface area contributed by atoms with E-state index < -0.39 is 0 Å². The van der Waals surface area contributed by atoms with Gasteiger partial charge in [0.25, 0.3) is 0 Å². The molecule has 0 saturated carbocycles. The summed E-state index contributed by atoms with van der Waals surface area (Å²) in [5, 5.41) is 16.5. The quantitative estimate of drug-likeness (QED) is 0.616. The van der Waals surface area contributed by atoms with E-state index >= 15 is 0 Å². The average Bonchev–Trinajstić information content (AvgIpc) is 2.61. The third-order valence-corrected chi connectivity index (χ3v) is 3.97. The maximum Gasteiger partial charge on any atom is 0.227 e. The zero-order valence-electron chi connectivity index (χ0n) is 15.2. The summed E-state index contributed by atoms with van der Waals surface area (Å²) < 4.78 is 5.11. The van der Waals surface area contributed by atoms with E-state index in [0.717, 1.165) is 11.3 Å². The van der Waals surface area contributed by atoms with E-state index in [1.807, 2.05) is 31.2 Å². The molecule has 0 aliphatic heterocycles. The molecule has 0 bridgehead atoms. The molecule has 0 fully saturated rings. The zero-order valence-corrected chi connectivity index (χ0v) is 16.0. The Labute approximate surface area is 163 Å². The van der Waals surface area contributed by atoms with Crippen molar-refractivity contribution in [3.63, 3.8) is 0 Å². The predicted octanol–water partition coefficient (Wildman–Crippen LogP) is 3.71. The van der Waals surface area contributed by atoms with Gasteiger partial charge in [0.1, 0.15) is 0 Å². The number of hydrogen-bond acceptors (Lipinski definition) is 6. The normalized spacial score (nSPS) is 11.4. The van der Waals surface area contributed by atoms with Crippen molar-refractivity contribution in [2.75, 3.05) is 12.4 Å². The number of aromatic nitrogens is 2. The molecule has 0 saturated heterocycles. The molecular weight excluding hydrogens is 368 g/mol. The van der Waals surface area contributed by atoms with Crippen LogP contribution in [-0.4, -0.2) is 28.1 Å². The molecule has 3 rings (SSSR count). The lowest BCUT2D eigenvalue weighted by Gasteiger charge is -2.13. The number of hydrogen-bond donors (Lipinski definition) is 3. The number of amides is 1. The minimum Gasteiger partial charge on any atom is -0.504 e. The number of rotatable bonds is 5. The first-order valence-electron chi connectivity index (χ1n) is 8.14. The van der Waals surface area contributed by atoms with Gasteiger partial charge in [0.05, 0.1) is 18.7 Å². The molecule has 1 unspecified atom stereocenters. The summed E-state index contributed by atoms with van der Waals surface area (Å²) in [6.45, 7) is 3.43. The summed E-state index contributed by atoms with van der Waals surface area (Å²) in [7, 11) is 1.49. The first kappa shape index (κ1) is 20.3. The minimum absolute atomic E-state index is 0. The lowest BCUT2D eigenvalue weighted by atomic mass is 10.1. The highest BCUT2D eigenvalue weighted by Gasteiger charge is 2.08. The fourth-order valence-electron chi connectivity index (χ4n) is 2.64. The van der Waals surface area contributed by atoms with Crippen LogP contribution >= 0.6 is 12.4 Å². The summed E-state index contributed by atoms with van der Waals surface area (Å²) in [4.78, 5) is 19.9. The molecule has 1 atom stereocenters. The molecule has 142 valence electrons. The standard InChI is InChI=1S/C19H20N4O3.ClH/c1-11(21-12(2)24)13-4-6-15(7-5-13)22-19-20-10-14-8-17(25)18(26-3)9-16(14)23-19;/h4-11,25H,1-3H3,(H,21,24)(H,20,22,23);1H. The number of benzene rings is 2. The highest BCUT2D eigenvalue weighted by molar-refractivity contribution is 5.85. The molecule has 1 aromatic heterocycles. The summed E-state index contributed by atoms with van der Waals surface area (Å²) in [5.41, 5.74) is 2.49. The van der Waals surface area contributed by atoms with Gasteiger partial charge in [-0.05, 0) is 30.7 Å². The summed E-state index contributed by atoms with van der Waals surface area (Å²) in [5.74, 6) is 0.783. The van der Waals surface area contributed by atoms with Crippen molar-refractivity contribution in [1.82, 2.24) is 15.3 Å². The van der Waals surface area contributed by atoms with E-state index in [1.165, 1.54) is 14.0 Å². The molecule has 0 aliphatic rings. The number of halogens is 1. The second-order valence-electron chi connectivity index (χ2n) is 5.95. The van der Waals surface area contributed by atoms with Crippen LogP contribution < -0.4 is 15.4 Å². The maximum absolute atomic E-state index is 11.1. The molecule has 0 aliphatic carbocycles. The van der Waals surface area contributed by atoms with E-state index in [2.05, 4.69) is 20.6 Å². The Balaban J connectivity index is 0.00000261. The van der Waals surface area contributed by atoms with Crippen molar-refractivity contribution in [3.05, 3.63) is 48.2 Å². The monoisotopic (exact) mass is 388 g/mol. The number of nitrogens with zero attached hydrogens (tertiary/aromatic N) is 2. The maximum atomic E-state index is 11.1. The number of phenolic OH excluding ortho intramolecular Hbond substituents is 1. The third kappa shape index (κ3) is 4.77. The Morgan fingerprint density at radius 2 is 1.93 bits per heavy atom. The van der Waals surface area contributed by atoms with Gasteiger partial charge in [0, 0.05) is 30.3 Å². The largest absolute Gasteiger partial charge is 0.504 e. The Bertz CT molecular complexity index is 948. The Kier molecular flexibility index (Phi) is 6.41. The van der Waals surface area contributed by atoms with Crippen molar-refractivity contribution in [1.29, 1.82) is 0 Å². The second kappa shape index (κ2) is 8.55. The second-order valence-corrected chi connectivity index (χ2v) is 5.95. The number of fused-ring (bicyclic) bond motifs is 1. The van der Waals surface area contributed by atoms with Gasteiger partial charge in [0.15, 0.2) is 11.5 Å². The van der Waals surface area contributed by atoms with Crippen LogP contribution in [-0.2, 0) is 4.79 Å². The molecule has 7 nitrogen and oxygen atoms in total. The van der Waals surface area contributed by atoms with Crippen molar-refractivity contribution < 1.29 is 14.6 Å². The number of anilines is 2. The van der Waals surface area contributed by atoms with Crippen LogP contribution in [0.2, 0.25) is 0 Å². The summed E-state index contributed by atoms with van der Waals surface area (Å²) in [6, 6.07) is 10.8. The molecule has 1 amide bonds. The number of carbonyl (C=O) groups excluding carboxylic acids is 1. The SMILES string of the molecule is COc1cc2nc(Nc3ccc(C(C)NC(C)=O)cc3)ncc2cc1O.Cl. The van der Waals surface area contributed by atoms with Gasteiger partial charge in [-0.25, -0.2) is 9.97 Å². The number of phenols is 1.